The van der Waals surface area contributed by atoms with E-state index in [-0.39, 0.29) is 11.3 Å². The Bertz CT molecular complexity index is 1850. The Hall–Kier alpha value is -4.36. The largest absolute Gasteiger partial charge is 0.508 e. The van der Waals surface area contributed by atoms with Crippen molar-refractivity contribution in [3.63, 3.8) is 0 Å². The molecule has 0 bridgehead atoms. The summed E-state index contributed by atoms with van der Waals surface area (Å²) >= 11 is 0. The van der Waals surface area contributed by atoms with Crippen LogP contribution in [-0.2, 0) is 5.41 Å². The van der Waals surface area contributed by atoms with E-state index >= 15 is 0 Å². The minimum atomic E-state index is -0.305. The highest BCUT2D eigenvalue weighted by Crippen LogP contribution is 2.59. The molecule has 0 radical (unpaired) electrons. The molecule has 202 valence electrons. The van der Waals surface area contributed by atoms with Gasteiger partial charge in [-0.1, -0.05) is 130 Å². The number of aromatic hydroxyl groups is 1. The van der Waals surface area contributed by atoms with Gasteiger partial charge in [-0.15, -0.1) is 0 Å². The molecule has 2 unspecified atom stereocenters. The summed E-state index contributed by atoms with van der Waals surface area (Å²) in [5.74, 6) is 1.44. The number of phenols is 1. The minimum absolute atomic E-state index is 0.269. The van der Waals surface area contributed by atoms with Crippen LogP contribution in [0.4, 0.5) is 0 Å². The highest BCUT2D eigenvalue weighted by molar-refractivity contribution is 5.88. The Morgan fingerprint density at radius 1 is 0.561 bits per heavy atom. The molecule has 1 N–H and O–H groups in total. The van der Waals surface area contributed by atoms with Crippen LogP contribution in [0.15, 0.2) is 127 Å². The monoisotopic (exact) mass is 532 g/mol. The summed E-state index contributed by atoms with van der Waals surface area (Å²) in [5.41, 5.74) is 7.93. The van der Waals surface area contributed by atoms with Gasteiger partial charge in [-0.05, 0) is 97.3 Å². The van der Waals surface area contributed by atoms with E-state index in [4.69, 9.17) is 0 Å². The molecule has 1 aliphatic rings. The molecule has 6 aromatic rings. The number of rotatable bonds is 6. The van der Waals surface area contributed by atoms with Crippen molar-refractivity contribution < 1.29 is 5.11 Å². The molecule has 0 amide bonds. The molecule has 1 heteroatoms. The first-order chi connectivity index (χ1) is 20.0. The molecule has 1 nitrogen and oxygen atoms in total. The number of benzene rings is 6. The summed E-state index contributed by atoms with van der Waals surface area (Å²) in [4.78, 5) is 0. The van der Waals surface area contributed by atoms with Crippen molar-refractivity contribution in [3.8, 4) is 16.9 Å². The predicted octanol–water partition coefficient (Wildman–Crippen LogP) is 10.5. The minimum Gasteiger partial charge on any atom is -0.508 e. The number of fused-ring (bicyclic) bond motifs is 5. The number of hydrogen-bond donors (Lipinski definition) is 1. The molecule has 1 aliphatic carbocycles. The Morgan fingerprint density at radius 2 is 1.12 bits per heavy atom. The Kier molecular flexibility index (Phi) is 6.20. The highest BCUT2D eigenvalue weighted by Gasteiger charge is 2.50. The lowest BCUT2D eigenvalue weighted by molar-refractivity contribution is 0.304. The van der Waals surface area contributed by atoms with Gasteiger partial charge in [0.25, 0.3) is 0 Å². The summed E-state index contributed by atoms with van der Waals surface area (Å²) in [6.45, 7) is 7.18. The molecule has 0 fully saturated rings. The van der Waals surface area contributed by atoms with E-state index < -0.39 is 0 Å². The van der Waals surface area contributed by atoms with Crippen molar-refractivity contribution >= 4 is 21.5 Å². The Labute approximate surface area is 243 Å². The normalized spacial score (nSPS) is 15.1. The second kappa shape index (κ2) is 9.93. The van der Waals surface area contributed by atoms with Crippen molar-refractivity contribution in [2.24, 2.45) is 11.8 Å². The van der Waals surface area contributed by atoms with Gasteiger partial charge in [0.15, 0.2) is 0 Å². The molecule has 0 heterocycles. The topological polar surface area (TPSA) is 20.2 Å². The van der Waals surface area contributed by atoms with Crippen LogP contribution in [0.25, 0.3) is 32.7 Å². The summed E-state index contributed by atoms with van der Waals surface area (Å²) in [6, 6.07) is 46.6. The van der Waals surface area contributed by atoms with E-state index in [0.717, 1.165) is 11.8 Å². The highest BCUT2D eigenvalue weighted by atomic mass is 16.3. The second-order valence-corrected chi connectivity index (χ2v) is 12.3. The van der Waals surface area contributed by atoms with E-state index in [1.54, 1.807) is 6.07 Å². The van der Waals surface area contributed by atoms with Gasteiger partial charge in [0.1, 0.15) is 5.75 Å². The molecule has 41 heavy (non-hydrogen) atoms. The fraction of sp³-hybridized carbons (Fsp3) is 0.200. The van der Waals surface area contributed by atoms with Crippen molar-refractivity contribution in [1.82, 2.24) is 0 Å². The maximum absolute atomic E-state index is 10.1. The smallest absolute Gasteiger partial charge is 0.116 e. The van der Waals surface area contributed by atoms with Gasteiger partial charge in [-0.25, -0.2) is 0 Å². The van der Waals surface area contributed by atoms with E-state index in [0.29, 0.717) is 17.6 Å². The molecule has 0 aromatic heterocycles. The zero-order valence-corrected chi connectivity index (χ0v) is 24.0. The first-order valence-corrected chi connectivity index (χ1v) is 14.9. The molecular weight excluding hydrogens is 496 g/mol. The lowest BCUT2D eigenvalue weighted by atomic mass is 9.59. The van der Waals surface area contributed by atoms with Crippen LogP contribution >= 0.6 is 0 Å². The summed E-state index contributed by atoms with van der Waals surface area (Å²) < 4.78 is 0. The fourth-order valence-electron chi connectivity index (χ4n) is 7.69. The number of phenolic OH excluding ortho intramolecular Hbond substituents is 1. The zero-order chi connectivity index (χ0) is 28.1. The molecule has 0 aliphatic heterocycles. The van der Waals surface area contributed by atoms with Crippen LogP contribution in [0.5, 0.6) is 5.75 Å². The van der Waals surface area contributed by atoms with Crippen molar-refractivity contribution in [2.75, 3.05) is 0 Å². The van der Waals surface area contributed by atoms with Gasteiger partial charge in [0.05, 0.1) is 0 Å². The van der Waals surface area contributed by atoms with Crippen LogP contribution in [0, 0.1) is 11.8 Å². The molecular formula is C40H36O. The van der Waals surface area contributed by atoms with Crippen molar-refractivity contribution in [2.45, 2.75) is 38.5 Å². The fourth-order valence-corrected chi connectivity index (χ4v) is 7.69. The van der Waals surface area contributed by atoms with Crippen LogP contribution in [0.2, 0.25) is 0 Å². The van der Waals surface area contributed by atoms with Crippen molar-refractivity contribution in [1.29, 1.82) is 0 Å². The third-order valence-electron chi connectivity index (χ3n) is 9.49. The Morgan fingerprint density at radius 3 is 1.83 bits per heavy atom. The standard InChI is InChI=1S/C40H36O/c1-26(2)22-37(32-17-16-31-25-34(41)21-19-30(31)23-32)27(3)40(33-20-18-28-10-4-5-11-29(28)24-33)38-14-8-6-12-35(38)36-13-7-9-15-39(36)40/h4-21,23-27,37,41H,22H2,1-3H3. The van der Waals surface area contributed by atoms with Gasteiger partial charge >= 0.3 is 0 Å². The average Bonchev–Trinajstić information content (AvgIpc) is 3.30. The first kappa shape index (κ1) is 25.6. The van der Waals surface area contributed by atoms with Gasteiger partial charge in [0.2, 0.25) is 0 Å². The summed E-state index contributed by atoms with van der Waals surface area (Å²) in [5, 5.41) is 14.9. The maximum Gasteiger partial charge on any atom is 0.116 e. The molecule has 2 atom stereocenters. The third-order valence-corrected chi connectivity index (χ3v) is 9.49. The lowest BCUT2D eigenvalue weighted by Crippen LogP contribution is -2.38. The summed E-state index contributed by atoms with van der Waals surface area (Å²) in [7, 11) is 0. The predicted molar refractivity (Wildman–Crippen MR) is 173 cm³/mol. The number of hydrogen-bond acceptors (Lipinski definition) is 1. The molecule has 0 spiro atoms. The van der Waals surface area contributed by atoms with E-state index in [1.165, 1.54) is 49.5 Å². The quantitative estimate of drug-likeness (QED) is 0.226. The molecule has 0 saturated heterocycles. The Balaban J connectivity index is 1.51. The van der Waals surface area contributed by atoms with E-state index in [2.05, 4.69) is 130 Å². The van der Waals surface area contributed by atoms with E-state index in [9.17, 15) is 5.11 Å². The van der Waals surface area contributed by atoms with Gasteiger partial charge in [-0.2, -0.15) is 0 Å². The van der Waals surface area contributed by atoms with E-state index in [1.807, 2.05) is 12.1 Å². The molecule has 6 aromatic carbocycles. The van der Waals surface area contributed by atoms with Crippen molar-refractivity contribution in [3.05, 3.63) is 150 Å². The first-order valence-electron chi connectivity index (χ1n) is 14.9. The average molecular weight is 533 g/mol. The van der Waals surface area contributed by atoms with Crippen LogP contribution in [0.1, 0.15) is 55.4 Å². The molecule has 0 saturated carbocycles. The lowest BCUT2D eigenvalue weighted by Gasteiger charge is -2.43. The van der Waals surface area contributed by atoms with Crippen LogP contribution in [0.3, 0.4) is 0 Å². The SMILES string of the molecule is CC(C)CC(c1ccc2cc(O)ccc2c1)C(C)C1(c2ccc3ccccc3c2)c2ccccc2-c2ccccc21. The van der Waals surface area contributed by atoms with Crippen LogP contribution in [-0.4, -0.2) is 5.11 Å². The zero-order valence-electron chi connectivity index (χ0n) is 24.0. The van der Waals surface area contributed by atoms with Gasteiger partial charge < -0.3 is 5.11 Å². The summed E-state index contributed by atoms with van der Waals surface area (Å²) in [6.07, 6.45) is 1.09. The molecule has 7 rings (SSSR count). The third kappa shape index (κ3) is 4.06. The van der Waals surface area contributed by atoms with Crippen LogP contribution < -0.4 is 0 Å². The van der Waals surface area contributed by atoms with Gasteiger partial charge in [-0.3, -0.25) is 0 Å². The second-order valence-electron chi connectivity index (χ2n) is 12.3. The maximum atomic E-state index is 10.1. The van der Waals surface area contributed by atoms with Gasteiger partial charge in [0, 0.05) is 5.41 Å².